The number of aromatic nitrogens is 3. The highest BCUT2D eigenvalue weighted by Gasteiger charge is 2.02. The van der Waals surface area contributed by atoms with Crippen LogP contribution in [0.3, 0.4) is 0 Å². The minimum atomic E-state index is -0.847. The van der Waals surface area contributed by atoms with Crippen molar-refractivity contribution in [3.63, 3.8) is 0 Å². The second kappa shape index (κ2) is 6.73. The fourth-order valence-corrected chi connectivity index (χ4v) is 1.23. The molecule has 0 saturated heterocycles. The van der Waals surface area contributed by atoms with Gasteiger partial charge in [0.1, 0.15) is 0 Å². The van der Waals surface area contributed by atoms with Gasteiger partial charge in [-0.1, -0.05) is 18.2 Å². The number of rotatable bonds is 7. The largest absolute Gasteiger partial charge is 0.478 e. The number of hydrogen-bond acceptors (Lipinski definition) is 4. The quantitative estimate of drug-likeness (QED) is 0.514. The van der Waals surface area contributed by atoms with Crippen LogP contribution in [-0.4, -0.2) is 39.2 Å². The van der Waals surface area contributed by atoms with E-state index in [4.69, 9.17) is 5.11 Å². The van der Waals surface area contributed by atoms with Gasteiger partial charge in [0, 0.05) is 24.9 Å². The molecule has 0 aromatic carbocycles. The molecule has 6 nitrogen and oxygen atoms in total. The number of aliphatic carboxylic acids is 1. The summed E-state index contributed by atoms with van der Waals surface area (Å²) in [5.41, 5.74) is 0.438. The normalized spacial score (nSPS) is 11.7. The molecular weight excluding hydrogens is 208 g/mol. The smallest absolute Gasteiger partial charge is 0.331 e. The predicted molar refractivity (Wildman–Crippen MR) is 58.9 cm³/mol. The Morgan fingerprint density at radius 2 is 2.44 bits per heavy atom. The highest BCUT2D eigenvalue weighted by Crippen LogP contribution is 1.98. The van der Waals surface area contributed by atoms with E-state index in [1.54, 1.807) is 23.2 Å². The van der Waals surface area contributed by atoms with Crippen molar-refractivity contribution in [2.45, 2.75) is 19.9 Å². The molecule has 0 bridgehead atoms. The molecule has 1 heterocycles. The van der Waals surface area contributed by atoms with Crippen molar-refractivity contribution in [2.24, 2.45) is 0 Å². The van der Waals surface area contributed by atoms with Crippen LogP contribution < -0.4 is 5.32 Å². The minimum absolute atomic E-state index is 0.438. The maximum absolute atomic E-state index is 10.7. The van der Waals surface area contributed by atoms with Crippen molar-refractivity contribution in [3.05, 3.63) is 24.0 Å². The summed E-state index contributed by atoms with van der Waals surface area (Å²) in [5, 5.41) is 19.4. The Morgan fingerprint density at radius 1 is 1.62 bits per heavy atom. The Kier molecular flexibility index (Phi) is 5.21. The molecule has 0 aliphatic rings. The van der Waals surface area contributed by atoms with Crippen molar-refractivity contribution >= 4 is 5.97 Å². The maximum atomic E-state index is 10.7. The molecule has 1 aromatic heterocycles. The average molecular weight is 224 g/mol. The fourth-order valence-electron chi connectivity index (χ4n) is 1.23. The Hall–Kier alpha value is -1.69. The number of carbonyl (C=O) groups is 1. The van der Waals surface area contributed by atoms with Crippen LogP contribution in [0.1, 0.15) is 13.3 Å². The van der Waals surface area contributed by atoms with Crippen LogP contribution >= 0.6 is 0 Å². The van der Waals surface area contributed by atoms with E-state index in [1.165, 1.54) is 0 Å². The number of nitrogens with one attached hydrogen (secondary N) is 1. The van der Waals surface area contributed by atoms with E-state index in [0.717, 1.165) is 13.1 Å². The van der Waals surface area contributed by atoms with Crippen molar-refractivity contribution in [3.8, 4) is 0 Å². The first-order chi connectivity index (χ1) is 7.74. The summed E-state index contributed by atoms with van der Waals surface area (Å²) < 4.78 is 1.72. The number of carboxylic acids is 1. The SMILES string of the molecule is CC/C(=C/CNCCn1ccnn1)C(=O)O. The van der Waals surface area contributed by atoms with Crippen LogP contribution in [0.2, 0.25) is 0 Å². The van der Waals surface area contributed by atoms with E-state index in [-0.39, 0.29) is 0 Å². The third-order valence-corrected chi connectivity index (χ3v) is 2.14. The summed E-state index contributed by atoms with van der Waals surface area (Å²) >= 11 is 0. The molecule has 0 aliphatic heterocycles. The molecule has 1 aromatic rings. The van der Waals surface area contributed by atoms with E-state index in [9.17, 15) is 4.79 Å². The van der Waals surface area contributed by atoms with Gasteiger partial charge in [-0.3, -0.25) is 4.68 Å². The van der Waals surface area contributed by atoms with E-state index >= 15 is 0 Å². The van der Waals surface area contributed by atoms with E-state index in [0.29, 0.717) is 18.5 Å². The van der Waals surface area contributed by atoms with Crippen LogP contribution in [0.4, 0.5) is 0 Å². The molecule has 2 N–H and O–H groups in total. The molecule has 0 saturated carbocycles. The summed E-state index contributed by atoms with van der Waals surface area (Å²) in [7, 11) is 0. The molecule has 6 heteroatoms. The Labute approximate surface area is 94.0 Å². The van der Waals surface area contributed by atoms with Gasteiger partial charge in [-0.2, -0.15) is 0 Å². The van der Waals surface area contributed by atoms with Crippen LogP contribution in [0.25, 0.3) is 0 Å². The van der Waals surface area contributed by atoms with Crippen molar-refractivity contribution in [1.29, 1.82) is 0 Å². The van der Waals surface area contributed by atoms with E-state index < -0.39 is 5.97 Å². The molecule has 0 spiro atoms. The van der Waals surface area contributed by atoms with E-state index in [2.05, 4.69) is 15.6 Å². The third kappa shape index (κ3) is 4.22. The molecule has 1 rings (SSSR count). The van der Waals surface area contributed by atoms with Crippen LogP contribution in [0.5, 0.6) is 0 Å². The van der Waals surface area contributed by atoms with Gasteiger partial charge in [-0.05, 0) is 6.42 Å². The molecular formula is C10H16N4O2. The zero-order chi connectivity index (χ0) is 11.8. The molecule has 88 valence electrons. The van der Waals surface area contributed by atoms with Gasteiger partial charge >= 0.3 is 5.97 Å². The lowest BCUT2D eigenvalue weighted by Crippen LogP contribution is -2.21. The first-order valence-corrected chi connectivity index (χ1v) is 5.21. The zero-order valence-electron chi connectivity index (χ0n) is 9.26. The molecule has 0 fully saturated rings. The number of carboxylic acid groups (broad SMARTS) is 1. The summed E-state index contributed by atoms with van der Waals surface area (Å²) in [5.74, 6) is -0.847. The van der Waals surface area contributed by atoms with Gasteiger partial charge in [0.15, 0.2) is 0 Å². The Balaban J connectivity index is 2.18. The second-order valence-corrected chi connectivity index (χ2v) is 3.26. The lowest BCUT2D eigenvalue weighted by Gasteiger charge is -2.02. The Bertz CT molecular complexity index is 346. The van der Waals surface area contributed by atoms with Gasteiger partial charge in [0.05, 0.1) is 12.7 Å². The fraction of sp³-hybridized carbons (Fsp3) is 0.500. The lowest BCUT2D eigenvalue weighted by atomic mass is 10.2. The first kappa shape index (κ1) is 12.4. The molecule has 0 radical (unpaired) electrons. The highest BCUT2D eigenvalue weighted by atomic mass is 16.4. The first-order valence-electron chi connectivity index (χ1n) is 5.21. The van der Waals surface area contributed by atoms with E-state index in [1.807, 2.05) is 6.92 Å². The van der Waals surface area contributed by atoms with Gasteiger partial charge in [0.2, 0.25) is 0 Å². The lowest BCUT2D eigenvalue weighted by molar-refractivity contribution is -0.132. The summed E-state index contributed by atoms with van der Waals surface area (Å²) in [6, 6.07) is 0. The Morgan fingerprint density at radius 3 is 3.00 bits per heavy atom. The monoisotopic (exact) mass is 224 g/mol. The second-order valence-electron chi connectivity index (χ2n) is 3.26. The topological polar surface area (TPSA) is 80.0 Å². The van der Waals surface area contributed by atoms with Crippen molar-refractivity contribution in [2.75, 3.05) is 13.1 Å². The molecule has 0 amide bonds. The van der Waals surface area contributed by atoms with Crippen molar-refractivity contribution < 1.29 is 9.90 Å². The zero-order valence-corrected chi connectivity index (χ0v) is 9.26. The summed E-state index contributed by atoms with van der Waals surface area (Å²) in [6.07, 6.45) is 5.65. The van der Waals surface area contributed by atoms with Gasteiger partial charge in [0.25, 0.3) is 0 Å². The number of hydrogen-bond donors (Lipinski definition) is 2. The van der Waals surface area contributed by atoms with Crippen LogP contribution in [-0.2, 0) is 11.3 Å². The van der Waals surface area contributed by atoms with Crippen LogP contribution in [0, 0.1) is 0 Å². The predicted octanol–water partition coefficient (Wildman–Crippen LogP) is 0.289. The van der Waals surface area contributed by atoms with Crippen LogP contribution in [0.15, 0.2) is 24.0 Å². The molecule has 0 aliphatic carbocycles. The third-order valence-electron chi connectivity index (χ3n) is 2.14. The maximum Gasteiger partial charge on any atom is 0.331 e. The van der Waals surface area contributed by atoms with Gasteiger partial charge < -0.3 is 10.4 Å². The minimum Gasteiger partial charge on any atom is -0.478 e. The summed E-state index contributed by atoms with van der Waals surface area (Å²) in [6.45, 7) is 3.85. The highest BCUT2D eigenvalue weighted by molar-refractivity contribution is 5.86. The molecule has 0 unspecified atom stereocenters. The molecule has 0 atom stereocenters. The molecule has 16 heavy (non-hydrogen) atoms. The summed E-state index contributed by atoms with van der Waals surface area (Å²) in [4.78, 5) is 10.7. The van der Waals surface area contributed by atoms with Crippen molar-refractivity contribution in [1.82, 2.24) is 20.3 Å². The van der Waals surface area contributed by atoms with Gasteiger partial charge in [-0.15, -0.1) is 5.10 Å². The number of nitrogens with zero attached hydrogens (tertiary/aromatic N) is 3. The average Bonchev–Trinajstić information content (AvgIpc) is 2.75. The van der Waals surface area contributed by atoms with Gasteiger partial charge in [-0.25, -0.2) is 4.79 Å². The standard InChI is InChI=1S/C10H16N4O2/c1-2-9(10(15)16)3-4-11-5-7-14-8-6-12-13-14/h3,6,8,11H,2,4-5,7H2,1H3,(H,15,16)/b9-3-.